The van der Waals surface area contributed by atoms with Crippen molar-refractivity contribution in [2.75, 3.05) is 13.7 Å². The highest BCUT2D eigenvalue weighted by molar-refractivity contribution is 7.07. The lowest BCUT2D eigenvalue weighted by molar-refractivity contribution is -0.139. The average molecular weight is 575 g/mol. The zero-order valence-electron chi connectivity index (χ0n) is 22.2. The van der Waals surface area contributed by atoms with Gasteiger partial charge in [-0.25, -0.2) is 9.79 Å². The summed E-state index contributed by atoms with van der Waals surface area (Å²) >= 11 is 7.39. The van der Waals surface area contributed by atoms with Crippen LogP contribution in [0.25, 0.3) is 6.08 Å². The van der Waals surface area contributed by atoms with Gasteiger partial charge in [-0.3, -0.25) is 9.36 Å². The van der Waals surface area contributed by atoms with Gasteiger partial charge in [-0.2, -0.15) is 0 Å². The average Bonchev–Trinajstić information content (AvgIpc) is 3.26. The van der Waals surface area contributed by atoms with Gasteiger partial charge in [-0.15, -0.1) is 0 Å². The maximum atomic E-state index is 13.8. The van der Waals surface area contributed by atoms with Gasteiger partial charge in [0.15, 0.2) is 16.3 Å². The smallest absolute Gasteiger partial charge is 0.338 e. The third-order valence-electron chi connectivity index (χ3n) is 6.43. The SMILES string of the molecule is CCOC(=O)C1=C(C)N=c2sc(=Cc3ccc(OCc4ccccc4)c(OC)c3)c(=O)n2[C@@H]1c1ccc(Cl)cc1. The lowest BCUT2D eigenvalue weighted by atomic mass is 9.96. The van der Waals surface area contributed by atoms with E-state index in [1.54, 1.807) is 55.9 Å². The maximum Gasteiger partial charge on any atom is 0.338 e. The van der Waals surface area contributed by atoms with E-state index in [1.165, 1.54) is 11.3 Å². The number of thiazole rings is 1. The number of allylic oxidation sites excluding steroid dienone is 1. The molecule has 40 heavy (non-hydrogen) atoms. The van der Waals surface area contributed by atoms with E-state index in [2.05, 4.69) is 4.99 Å². The number of nitrogens with zero attached hydrogens (tertiary/aromatic N) is 2. The lowest BCUT2D eigenvalue weighted by Crippen LogP contribution is -2.39. The van der Waals surface area contributed by atoms with Crippen molar-refractivity contribution in [1.82, 2.24) is 4.57 Å². The number of aromatic nitrogens is 1. The van der Waals surface area contributed by atoms with E-state index in [-0.39, 0.29) is 12.2 Å². The Bertz CT molecular complexity index is 1760. The van der Waals surface area contributed by atoms with Crippen molar-refractivity contribution in [2.24, 2.45) is 4.99 Å². The molecule has 9 heteroatoms. The summed E-state index contributed by atoms with van der Waals surface area (Å²) in [4.78, 5) is 31.9. The van der Waals surface area contributed by atoms with Crippen LogP contribution in [0, 0.1) is 0 Å². The number of ether oxygens (including phenoxy) is 3. The number of halogens is 1. The molecule has 0 saturated carbocycles. The van der Waals surface area contributed by atoms with Crippen molar-refractivity contribution in [1.29, 1.82) is 0 Å². The predicted molar refractivity (Wildman–Crippen MR) is 156 cm³/mol. The molecule has 0 bridgehead atoms. The van der Waals surface area contributed by atoms with Gasteiger partial charge in [0.25, 0.3) is 5.56 Å². The van der Waals surface area contributed by atoms with Gasteiger partial charge in [0.2, 0.25) is 0 Å². The normalized spacial score (nSPS) is 14.9. The van der Waals surface area contributed by atoms with Crippen LogP contribution in [0.15, 0.2) is 93.9 Å². The molecule has 0 spiro atoms. The fourth-order valence-electron chi connectivity index (χ4n) is 4.53. The van der Waals surface area contributed by atoms with Crippen molar-refractivity contribution >= 4 is 35.0 Å². The van der Waals surface area contributed by atoms with Gasteiger partial charge in [0.1, 0.15) is 6.61 Å². The summed E-state index contributed by atoms with van der Waals surface area (Å²) < 4.78 is 18.9. The van der Waals surface area contributed by atoms with Gasteiger partial charge >= 0.3 is 5.97 Å². The Morgan fingerprint density at radius 2 is 1.82 bits per heavy atom. The molecule has 4 aromatic rings. The van der Waals surface area contributed by atoms with Crippen LogP contribution >= 0.6 is 22.9 Å². The second-order valence-corrected chi connectivity index (χ2v) is 10.5. The third kappa shape index (κ3) is 5.59. The molecule has 0 radical (unpaired) electrons. The standard InChI is InChI=1S/C31H27ClN2O5S/c1-4-38-30(36)27-19(2)33-31-34(28(27)22-11-13-23(32)14-12-22)29(35)26(40-31)17-21-10-15-24(25(16-21)37-3)39-18-20-8-6-5-7-9-20/h5-17,28H,4,18H2,1-3H3/t28-/m1/s1. The number of hydrogen-bond donors (Lipinski definition) is 0. The second kappa shape index (κ2) is 11.9. The number of carbonyl (C=O) groups excluding carboxylic acids is 1. The number of carbonyl (C=O) groups is 1. The molecule has 0 fully saturated rings. The van der Waals surface area contributed by atoms with Gasteiger partial charge in [0.05, 0.1) is 35.6 Å². The number of benzene rings is 3. The minimum Gasteiger partial charge on any atom is -0.493 e. The molecule has 1 atom stereocenters. The molecule has 3 aromatic carbocycles. The van der Waals surface area contributed by atoms with E-state index in [0.717, 1.165) is 16.7 Å². The van der Waals surface area contributed by atoms with E-state index < -0.39 is 12.0 Å². The molecular weight excluding hydrogens is 548 g/mol. The highest BCUT2D eigenvalue weighted by Crippen LogP contribution is 2.32. The highest BCUT2D eigenvalue weighted by atomic mass is 35.5. The van der Waals surface area contributed by atoms with Crippen LogP contribution in [0.4, 0.5) is 0 Å². The van der Waals surface area contributed by atoms with Crippen LogP contribution in [0.5, 0.6) is 11.5 Å². The van der Waals surface area contributed by atoms with E-state index in [9.17, 15) is 9.59 Å². The summed E-state index contributed by atoms with van der Waals surface area (Å²) in [5.74, 6) is 0.646. The van der Waals surface area contributed by atoms with Crippen LogP contribution in [0.1, 0.15) is 36.6 Å². The number of rotatable bonds is 8. The van der Waals surface area contributed by atoms with E-state index >= 15 is 0 Å². The van der Waals surface area contributed by atoms with Crippen LogP contribution in [-0.4, -0.2) is 24.3 Å². The maximum absolute atomic E-state index is 13.8. The van der Waals surface area contributed by atoms with Crippen molar-refractivity contribution in [3.05, 3.63) is 125 Å². The zero-order chi connectivity index (χ0) is 28.2. The fraction of sp³-hybridized carbons (Fsp3) is 0.194. The fourth-order valence-corrected chi connectivity index (χ4v) is 5.70. The predicted octanol–water partition coefficient (Wildman–Crippen LogP) is 5.04. The molecule has 1 aliphatic heterocycles. The summed E-state index contributed by atoms with van der Waals surface area (Å²) in [6.45, 7) is 4.11. The van der Waals surface area contributed by atoms with Crippen molar-refractivity contribution in [3.8, 4) is 11.5 Å². The van der Waals surface area contributed by atoms with Gasteiger partial charge in [0, 0.05) is 5.02 Å². The molecule has 5 rings (SSSR count). The monoisotopic (exact) mass is 574 g/mol. The minimum absolute atomic E-state index is 0.209. The molecule has 7 nitrogen and oxygen atoms in total. The largest absolute Gasteiger partial charge is 0.493 e. The van der Waals surface area contributed by atoms with Crippen LogP contribution in [0.2, 0.25) is 5.02 Å². The van der Waals surface area contributed by atoms with Gasteiger partial charge in [-0.05, 0) is 60.9 Å². The first-order chi connectivity index (χ1) is 19.4. The van der Waals surface area contributed by atoms with E-state index in [0.29, 0.717) is 43.7 Å². The molecule has 0 aliphatic carbocycles. The van der Waals surface area contributed by atoms with Gasteiger partial charge < -0.3 is 14.2 Å². The Kier molecular flexibility index (Phi) is 8.19. The van der Waals surface area contributed by atoms with Crippen molar-refractivity contribution < 1.29 is 19.0 Å². The van der Waals surface area contributed by atoms with Crippen LogP contribution < -0.4 is 24.4 Å². The van der Waals surface area contributed by atoms with Crippen LogP contribution in [0.3, 0.4) is 0 Å². The molecular formula is C31H27ClN2O5S. The summed E-state index contributed by atoms with van der Waals surface area (Å²) in [5.41, 5.74) is 3.11. The molecule has 2 heterocycles. The lowest BCUT2D eigenvalue weighted by Gasteiger charge is -2.24. The summed E-state index contributed by atoms with van der Waals surface area (Å²) in [7, 11) is 1.58. The van der Waals surface area contributed by atoms with Gasteiger partial charge in [-0.1, -0.05) is 71.5 Å². The summed E-state index contributed by atoms with van der Waals surface area (Å²) in [6, 6.07) is 21.8. The molecule has 204 valence electrons. The first kappa shape index (κ1) is 27.4. The molecule has 1 aromatic heterocycles. The first-order valence-corrected chi connectivity index (χ1v) is 13.9. The Morgan fingerprint density at radius 1 is 1.07 bits per heavy atom. The zero-order valence-corrected chi connectivity index (χ0v) is 23.8. The van der Waals surface area contributed by atoms with E-state index in [1.807, 2.05) is 48.5 Å². The molecule has 0 saturated heterocycles. The summed E-state index contributed by atoms with van der Waals surface area (Å²) in [6.07, 6.45) is 1.79. The van der Waals surface area contributed by atoms with Crippen molar-refractivity contribution in [3.63, 3.8) is 0 Å². The topological polar surface area (TPSA) is 79.1 Å². The summed E-state index contributed by atoms with van der Waals surface area (Å²) in [5, 5.41) is 0.555. The number of esters is 1. The number of methoxy groups -OCH3 is 1. The Hall–Kier alpha value is -4.14. The molecule has 0 N–H and O–H groups in total. The quantitative estimate of drug-likeness (QED) is 0.276. The Balaban J connectivity index is 1.55. The Morgan fingerprint density at radius 3 is 2.52 bits per heavy atom. The Labute approximate surface area is 240 Å². The van der Waals surface area contributed by atoms with Crippen LogP contribution in [-0.2, 0) is 16.1 Å². The van der Waals surface area contributed by atoms with E-state index in [4.69, 9.17) is 25.8 Å². The molecule has 0 unspecified atom stereocenters. The van der Waals surface area contributed by atoms with Crippen molar-refractivity contribution in [2.45, 2.75) is 26.5 Å². The first-order valence-electron chi connectivity index (χ1n) is 12.7. The second-order valence-electron chi connectivity index (χ2n) is 9.04. The number of hydrogen-bond acceptors (Lipinski definition) is 7. The highest BCUT2D eigenvalue weighted by Gasteiger charge is 2.33. The molecule has 0 amide bonds. The number of fused-ring (bicyclic) bond motifs is 1. The minimum atomic E-state index is -0.696. The third-order valence-corrected chi connectivity index (χ3v) is 7.66. The molecule has 1 aliphatic rings.